The standard InChI is InChI=1S/C21H18Cl4F3NO3S/c1-33(31,32)7-6-19(30)29-11-13-4-2-12(8-16(13)22)3-5-15(21(26,27)28)14-9-17(23)20(25)18(24)10-14/h2-5,8-10,15H,6-7,11H2,1H3,(H,29,30). The maximum Gasteiger partial charge on any atom is 0.399 e. The third-order valence-electron chi connectivity index (χ3n) is 4.45. The number of amides is 1. The molecule has 2 aromatic rings. The van der Waals surface area contributed by atoms with Gasteiger partial charge in [0.15, 0.2) is 0 Å². The maximum absolute atomic E-state index is 13.7. The average Bonchev–Trinajstić information content (AvgIpc) is 2.68. The van der Waals surface area contributed by atoms with Gasteiger partial charge >= 0.3 is 6.18 Å². The third kappa shape index (κ3) is 8.68. The zero-order valence-corrected chi connectivity index (χ0v) is 20.9. The van der Waals surface area contributed by atoms with Gasteiger partial charge in [0.2, 0.25) is 5.91 Å². The van der Waals surface area contributed by atoms with Gasteiger partial charge in [-0.25, -0.2) is 8.42 Å². The zero-order valence-electron chi connectivity index (χ0n) is 17.0. The molecular formula is C21H18Cl4F3NO3S. The number of benzene rings is 2. The molecule has 0 heterocycles. The second-order valence-corrected chi connectivity index (χ2v) is 11.0. The van der Waals surface area contributed by atoms with Gasteiger partial charge in [0, 0.05) is 24.2 Å². The SMILES string of the molecule is CS(=O)(=O)CCC(=O)NCc1ccc(C=CC(c2cc(Cl)c(Cl)c(Cl)c2)C(F)(F)F)cc1Cl. The van der Waals surface area contributed by atoms with Crippen molar-refractivity contribution in [3.05, 3.63) is 73.2 Å². The van der Waals surface area contributed by atoms with Crippen molar-refractivity contribution < 1.29 is 26.4 Å². The van der Waals surface area contributed by atoms with E-state index in [1.165, 1.54) is 18.2 Å². The summed E-state index contributed by atoms with van der Waals surface area (Å²) in [5.41, 5.74) is 0.746. The van der Waals surface area contributed by atoms with Crippen LogP contribution in [-0.2, 0) is 21.2 Å². The Labute approximate surface area is 209 Å². The summed E-state index contributed by atoms with van der Waals surface area (Å²) in [5, 5.41) is 2.56. The van der Waals surface area contributed by atoms with Gasteiger partial charge in [-0.1, -0.05) is 70.7 Å². The molecule has 12 heteroatoms. The fourth-order valence-corrected chi connectivity index (χ4v) is 4.17. The summed E-state index contributed by atoms with van der Waals surface area (Å²) >= 11 is 23.8. The molecule has 0 radical (unpaired) electrons. The van der Waals surface area contributed by atoms with E-state index in [0.29, 0.717) is 11.1 Å². The van der Waals surface area contributed by atoms with Gasteiger partial charge in [0.1, 0.15) is 9.84 Å². The monoisotopic (exact) mass is 561 g/mol. The highest BCUT2D eigenvalue weighted by Gasteiger charge is 2.39. The van der Waals surface area contributed by atoms with Gasteiger partial charge < -0.3 is 5.32 Å². The van der Waals surface area contributed by atoms with Crippen molar-refractivity contribution in [3.63, 3.8) is 0 Å². The molecule has 0 saturated heterocycles. The lowest BCUT2D eigenvalue weighted by molar-refractivity contribution is -0.139. The Morgan fingerprint density at radius 1 is 1.06 bits per heavy atom. The normalized spacial score (nSPS) is 13.3. The Morgan fingerprint density at radius 2 is 1.67 bits per heavy atom. The molecule has 0 bridgehead atoms. The number of nitrogens with one attached hydrogen (secondary N) is 1. The number of allylic oxidation sites excluding steroid dienone is 1. The first-order valence-electron chi connectivity index (χ1n) is 9.29. The predicted octanol–water partition coefficient (Wildman–Crippen LogP) is 6.71. The number of sulfone groups is 1. The highest BCUT2D eigenvalue weighted by Crippen LogP contribution is 2.41. The summed E-state index contributed by atoms with van der Waals surface area (Å²) < 4.78 is 63.2. The minimum atomic E-state index is -4.61. The van der Waals surface area contributed by atoms with E-state index in [2.05, 4.69) is 5.32 Å². The summed E-state index contributed by atoms with van der Waals surface area (Å²) in [6, 6.07) is 6.76. The van der Waals surface area contributed by atoms with Crippen LogP contribution in [0.1, 0.15) is 29.0 Å². The highest BCUT2D eigenvalue weighted by atomic mass is 35.5. The Hall–Kier alpha value is -1.45. The van der Waals surface area contributed by atoms with Crippen LogP contribution in [0, 0.1) is 0 Å². The molecule has 0 aliphatic heterocycles. The lowest BCUT2D eigenvalue weighted by Gasteiger charge is -2.18. The lowest BCUT2D eigenvalue weighted by Crippen LogP contribution is -2.25. The van der Waals surface area contributed by atoms with Crippen LogP contribution in [0.3, 0.4) is 0 Å². The predicted molar refractivity (Wildman–Crippen MR) is 127 cm³/mol. The first-order valence-corrected chi connectivity index (χ1v) is 12.9. The van der Waals surface area contributed by atoms with Crippen LogP contribution in [0.2, 0.25) is 20.1 Å². The molecule has 0 aliphatic rings. The van der Waals surface area contributed by atoms with Gasteiger partial charge in [-0.15, -0.1) is 0 Å². The summed E-state index contributed by atoms with van der Waals surface area (Å²) in [5.74, 6) is -2.73. The number of alkyl halides is 3. The molecule has 4 nitrogen and oxygen atoms in total. The molecule has 1 unspecified atom stereocenters. The fourth-order valence-electron chi connectivity index (χ4n) is 2.74. The van der Waals surface area contributed by atoms with Crippen molar-refractivity contribution in [2.75, 3.05) is 12.0 Å². The van der Waals surface area contributed by atoms with Crippen LogP contribution in [0.25, 0.3) is 6.08 Å². The van der Waals surface area contributed by atoms with E-state index >= 15 is 0 Å². The molecular weight excluding hydrogens is 545 g/mol. The Bertz CT molecular complexity index is 1140. The first-order chi connectivity index (χ1) is 15.2. The number of hydrogen-bond donors (Lipinski definition) is 1. The molecule has 0 spiro atoms. The van der Waals surface area contributed by atoms with Crippen LogP contribution in [0.5, 0.6) is 0 Å². The lowest BCUT2D eigenvalue weighted by atomic mass is 9.97. The van der Waals surface area contributed by atoms with E-state index in [9.17, 15) is 26.4 Å². The second-order valence-electron chi connectivity index (χ2n) is 7.18. The summed E-state index contributed by atoms with van der Waals surface area (Å²) in [6.45, 7) is 0.0401. The number of halogens is 7. The van der Waals surface area contributed by atoms with Gasteiger partial charge in [-0.2, -0.15) is 13.2 Å². The Morgan fingerprint density at radius 3 is 2.18 bits per heavy atom. The average molecular weight is 563 g/mol. The van der Waals surface area contributed by atoms with Crippen molar-refractivity contribution in [3.8, 4) is 0 Å². The quantitative estimate of drug-likeness (QED) is 0.364. The maximum atomic E-state index is 13.7. The van der Waals surface area contributed by atoms with Crippen molar-refractivity contribution >= 4 is 68.2 Å². The number of carbonyl (C=O) groups is 1. The molecule has 2 rings (SSSR count). The molecule has 1 atom stereocenters. The number of carbonyl (C=O) groups excluding carboxylic acids is 1. The van der Waals surface area contributed by atoms with E-state index in [0.717, 1.165) is 24.5 Å². The molecule has 0 aliphatic carbocycles. The third-order valence-corrected chi connectivity index (χ3v) is 6.95. The van der Waals surface area contributed by atoms with Gasteiger partial charge in [0.25, 0.3) is 0 Å². The molecule has 0 aromatic heterocycles. The Kier molecular flexibility index (Phi) is 9.53. The van der Waals surface area contributed by atoms with Crippen molar-refractivity contribution in [2.24, 2.45) is 0 Å². The van der Waals surface area contributed by atoms with Gasteiger partial charge in [-0.3, -0.25) is 4.79 Å². The number of rotatable bonds is 8. The largest absolute Gasteiger partial charge is 0.399 e. The van der Waals surface area contributed by atoms with Crippen LogP contribution in [0.4, 0.5) is 13.2 Å². The topological polar surface area (TPSA) is 63.2 Å². The Balaban J connectivity index is 2.16. The zero-order chi connectivity index (χ0) is 25.0. The minimum absolute atomic E-state index is 0.0298. The van der Waals surface area contributed by atoms with Crippen LogP contribution >= 0.6 is 46.4 Å². The van der Waals surface area contributed by atoms with Crippen LogP contribution in [-0.4, -0.2) is 32.5 Å². The van der Waals surface area contributed by atoms with Crippen molar-refractivity contribution in [2.45, 2.75) is 25.1 Å². The molecule has 1 N–H and O–H groups in total. The second kappa shape index (κ2) is 11.3. The summed E-state index contributed by atoms with van der Waals surface area (Å²) in [7, 11) is -3.26. The van der Waals surface area contributed by atoms with E-state index in [1.54, 1.807) is 6.07 Å². The van der Waals surface area contributed by atoms with E-state index in [1.807, 2.05) is 0 Å². The van der Waals surface area contributed by atoms with Crippen molar-refractivity contribution in [1.82, 2.24) is 5.32 Å². The van der Waals surface area contributed by atoms with Crippen LogP contribution < -0.4 is 5.32 Å². The van der Waals surface area contributed by atoms with E-state index in [4.69, 9.17) is 46.4 Å². The smallest absolute Gasteiger partial charge is 0.352 e. The fraction of sp³-hybridized carbons (Fsp3) is 0.286. The molecule has 0 fully saturated rings. The molecule has 1 amide bonds. The summed E-state index contributed by atoms with van der Waals surface area (Å²) in [6.07, 6.45) is -1.56. The van der Waals surface area contributed by atoms with E-state index < -0.39 is 27.8 Å². The minimum Gasteiger partial charge on any atom is -0.352 e. The van der Waals surface area contributed by atoms with Crippen molar-refractivity contribution in [1.29, 1.82) is 0 Å². The molecule has 33 heavy (non-hydrogen) atoms. The highest BCUT2D eigenvalue weighted by molar-refractivity contribution is 7.90. The molecule has 180 valence electrons. The number of hydrogen-bond acceptors (Lipinski definition) is 3. The molecule has 2 aromatic carbocycles. The van der Waals surface area contributed by atoms with Gasteiger partial charge in [0.05, 0.1) is 26.7 Å². The molecule has 0 saturated carbocycles. The van der Waals surface area contributed by atoms with Crippen LogP contribution in [0.15, 0.2) is 36.4 Å². The van der Waals surface area contributed by atoms with E-state index in [-0.39, 0.29) is 44.4 Å². The summed E-state index contributed by atoms with van der Waals surface area (Å²) in [4.78, 5) is 11.8. The first kappa shape index (κ1) is 27.8. The van der Waals surface area contributed by atoms with Gasteiger partial charge in [-0.05, 0) is 34.9 Å².